The minimum absolute atomic E-state index is 0. The van der Waals surface area contributed by atoms with Crippen LogP contribution in [0.15, 0.2) is 91.3 Å². The number of ether oxygens (including phenoxy) is 2. The van der Waals surface area contributed by atoms with Gasteiger partial charge in [-0.1, -0.05) is 48.5 Å². The van der Waals surface area contributed by atoms with Gasteiger partial charge in [-0.15, -0.1) is 0 Å². The van der Waals surface area contributed by atoms with Gasteiger partial charge in [0, 0.05) is 23.5 Å². The highest BCUT2D eigenvalue weighted by molar-refractivity contribution is 5.86. The second-order valence-corrected chi connectivity index (χ2v) is 9.23. The number of benzene rings is 3. The standard InChI is InChI=1S/C31H26N4O4.H2O/c1-3-38-30-33-29-20(2)16-23(25-19-34-15-7-6-10-28(34)32-25)17-26(29)35(30)18-21-11-13-22(14-12-21)24-8-4-5-9-27(24)39-31(36)37;/h4-17,19H,3,18H2,1-2H3,(H,36,37);1H2. The molecule has 9 heteroatoms. The molecule has 0 fully saturated rings. The number of imidazole rings is 2. The number of carbonyl (C=O) groups is 1. The predicted octanol–water partition coefficient (Wildman–Crippen LogP) is 6.01. The zero-order chi connectivity index (χ0) is 26.9. The highest BCUT2D eigenvalue weighted by atomic mass is 16.7. The van der Waals surface area contributed by atoms with Crippen LogP contribution in [0.4, 0.5) is 4.79 Å². The quantitative estimate of drug-likeness (QED) is 0.197. The number of aryl methyl sites for hydroxylation is 1. The molecular weight excluding hydrogens is 508 g/mol. The van der Waals surface area contributed by atoms with E-state index in [0.29, 0.717) is 30.5 Å². The van der Waals surface area contributed by atoms with E-state index in [1.54, 1.807) is 12.1 Å². The number of hydrogen-bond acceptors (Lipinski definition) is 5. The topological polar surface area (TPSA) is 122 Å². The van der Waals surface area contributed by atoms with E-state index in [1.165, 1.54) is 0 Å². The lowest BCUT2D eigenvalue weighted by Crippen LogP contribution is -2.05. The van der Waals surface area contributed by atoms with Crippen LogP contribution >= 0.6 is 0 Å². The van der Waals surface area contributed by atoms with E-state index in [9.17, 15) is 4.79 Å². The van der Waals surface area contributed by atoms with Gasteiger partial charge in [-0.3, -0.25) is 4.57 Å². The molecule has 3 N–H and O–H groups in total. The van der Waals surface area contributed by atoms with Crippen LogP contribution in [-0.2, 0) is 6.54 Å². The first kappa shape index (κ1) is 26.5. The van der Waals surface area contributed by atoms with E-state index in [0.717, 1.165) is 44.6 Å². The molecule has 0 atom stereocenters. The number of nitrogens with zero attached hydrogens (tertiary/aromatic N) is 4. The smallest absolute Gasteiger partial charge is 0.465 e. The van der Waals surface area contributed by atoms with Crippen molar-refractivity contribution >= 4 is 22.8 Å². The zero-order valence-corrected chi connectivity index (χ0v) is 22.0. The minimum Gasteiger partial charge on any atom is -0.465 e. The average Bonchev–Trinajstić information content (AvgIpc) is 3.52. The van der Waals surface area contributed by atoms with Crippen molar-refractivity contribution in [1.29, 1.82) is 0 Å². The summed E-state index contributed by atoms with van der Waals surface area (Å²) in [6, 6.07) is 25.8. The summed E-state index contributed by atoms with van der Waals surface area (Å²) in [6.45, 7) is 5.05. The lowest BCUT2D eigenvalue weighted by Gasteiger charge is -2.12. The summed E-state index contributed by atoms with van der Waals surface area (Å²) in [5.41, 5.74) is 8.32. The fourth-order valence-electron chi connectivity index (χ4n) is 4.85. The Labute approximate surface area is 230 Å². The highest BCUT2D eigenvalue weighted by Crippen LogP contribution is 2.33. The third-order valence-electron chi connectivity index (χ3n) is 6.63. The van der Waals surface area contributed by atoms with E-state index in [1.807, 2.05) is 78.3 Å². The molecule has 0 radical (unpaired) electrons. The normalized spacial score (nSPS) is 10.9. The molecule has 0 aliphatic rings. The van der Waals surface area contributed by atoms with Crippen molar-refractivity contribution < 1.29 is 24.9 Å². The first-order chi connectivity index (χ1) is 19.0. The maximum Gasteiger partial charge on any atom is 0.511 e. The Morgan fingerprint density at radius 1 is 0.950 bits per heavy atom. The zero-order valence-electron chi connectivity index (χ0n) is 22.0. The van der Waals surface area contributed by atoms with Crippen molar-refractivity contribution in [2.45, 2.75) is 20.4 Å². The Morgan fingerprint density at radius 2 is 1.73 bits per heavy atom. The molecule has 0 aliphatic carbocycles. The molecule has 0 unspecified atom stereocenters. The SMILES string of the molecule is CCOc1nc2c(C)cc(-c3cn4ccccc4n3)cc2n1Cc1ccc(-c2ccccc2OC(=O)O)cc1.O. The number of rotatable bonds is 7. The van der Waals surface area contributed by atoms with Crippen LogP contribution < -0.4 is 9.47 Å². The van der Waals surface area contributed by atoms with Gasteiger partial charge in [0.25, 0.3) is 6.01 Å². The average molecular weight is 537 g/mol. The molecule has 6 aromatic rings. The van der Waals surface area contributed by atoms with E-state index < -0.39 is 6.16 Å². The van der Waals surface area contributed by atoms with Gasteiger partial charge in [0.2, 0.25) is 0 Å². The molecule has 0 bridgehead atoms. The minimum atomic E-state index is -1.34. The molecule has 0 amide bonds. The fourth-order valence-corrected chi connectivity index (χ4v) is 4.85. The summed E-state index contributed by atoms with van der Waals surface area (Å²) in [6.07, 6.45) is 2.68. The first-order valence-corrected chi connectivity index (χ1v) is 12.7. The van der Waals surface area contributed by atoms with Crippen LogP contribution in [0.2, 0.25) is 0 Å². The number of para-hydroxylation sites is 1. The molecule has 3 aromatic carbocycles. The number of carboxylic acid groups (broad SMARTS) is 1. The number of pyridine rings is 1. The van der Waals surface area contributed by atoms with Gasteiger partial charge in [-0.25, -0.2) is 9.78 Å². The van der Waals surface area contributed by atoms with Gasteiger partial charge >= 0.3 is 6.16 Å². The lowest BCUT2D eigenvalue weighted by molar-refractivity contribution is 0.144. The summed E-state index contributed by atoms with van der Waals surface area (Å²) in [5.74, 6) is 0.298. The van der Waals surface area contributed by atoms with Gasteiger partial charge in [0.15, 0.2) is 0 Å². The number of fused-ring (bicyclic) bond motifs is 2. The van der Waals surface area contributed by atoms with Crippen molar-refractivity contribution in [2.75, 3.05) is 6.61 Å². The highest BCUT2D eigenvalue weighted by Gasteiger charge is 2.17. The van der Waals surface area contributed by atoms with Crippen molar-refractivity contribution in [2.24, 2.45) is 0 Å². The second-order valence-electron chi connectivity index (χ2n) is 9.23. The fraction of sp³-hybridized carbons (Fsp3) is 0.129. The van der Waals surface area contributed by atoms with Crippen LogP contribution in [-0.4, -0.2) is 42.3 Å². The molecule has 0 aliphatic heterocycles. The predicted molar refractivity (Wildman–Crippen MR) is 153 cm³/mol. The molecule has 0 saturated carbocycles. The molecule has 3 aromatic heterocycles. The summed E-state index contributed by atoms with van der Waals surface area (Å²) in [4.78, 5) is 20.7. The monoisotopic (exact) mass is 536 g/mol. The van der Waals surface area contributed by atoms with Gasteiger partial charge in [-0.05, 0) is 60.9 Å². The Balaban J connectivity index is 0.00000323. The van der Waals surface area contributed by atoms with E-state index in [2.05, 4.69) is 23.6 Å². The van der Waals surface area contributed by atoms with Crippen molar-refractivity contribution in [1.82, 2.24) is 18.9 Å². The Bertz CT molecular complexity index is 1790. The third-order valence-corrected chi connectivity index (χ3v) is 6.63. The van der Waals surface area contributed by atoms with Crippen molar-refractivity contribution in [3.63, 3.8) is 0 Å². The summed E-state index contributed by atoms with van der Waals surface area (Å²) in [7, 11) is 0. The molecule has 0 saturated heterocycles. The van der Waals surface area contributed by atoms with Gasteiger partial charge in [-0.2, -0.15) is 4.98 Å². The maximum atomic E-state index is 11.1. The van der Waals surface area contributed by atoms with Crippen LogP contribution in [0.25, 0.3) is 39.1 Å². The molecule has 3 heterocycles. The Kier molecular flexibility index (Phi) is 7.22. The molecule has 6 rings (SSSR count). The van der Waals surface area contributed by atoms with Gasteiger partial charge in [0.05, 0.1) is 29.9 Å². The van der Waals surface area contributed by atoms with Crippen LogP contribution in [0, 0.1) is 6.92 Å². The third kappa shape index (κ3) is 4.97. The van der Waals surface area contributed by atoms with Crippen molar-refractivity contribution in [3.8, 4) is 34.1 Å². The number of hydrogen-bond donors (Lipinski definition) is 1. The molecule has 202 valence electrons. The van der Waals surface area contributed by atoms with Crippen LogP contribution in [0.3, 0.4) is 0 Å². The van der Waals surface area contributed by atoms with Crippen LogP contribution in [0.5, 0.6) is 11.8 Å². The summed E-state index contributed by atoms with van der Waals surface area (Å²) < 4.78 is 15.0. The first-order valence-electron chi connectivity index (χ1n) is 12.7. The second kappa shape index (κ2) is 10.9. The molecular formula is C31H28N4O5. The maximum absolute atomic E-state index is 11.1. The van der Waals surface area contributed by atoms with E-state index in [-0.39, 0.29) is 5.48 Å². The Morgan fingerprint density at radius 3 is 2.48 bits per heavy atom. The summed E-state index contributed by atoms with van der Waals surface area (Å²) >= 11 is 0. The Hall–Kier alpha value is -5.15. The van der Waals surface area contributed by atoms with E-state index >= 15 is 0 Å². The largest absolute Gasteiger partial charge is 0.511 e. The van der Waals surface area contributed by atoms with Gasteiger partial charge in [0.1, 0.15) is 11.4 Å². The van der Waals surface area contributed by atoms with Crippen LogP contribution in [0.1, 0.15) is 18.1 Å². The van der Waals surface area contributed by atoms with Gasteiger partial charge < -0.3 is 24.5 Å². The van der Waals surface area contributed by atoms with E-state index in [4.69, 9.17) is 24.5 Å². The molecule has 40 heavy (non-hydrogen) atoms. The summed E-state index contributed by atoms with van der Waals surface area (Å²) in [5, 5.41) is 9.08. The van der Waals surface area contributed by atoms with Crippen molar-refractivity contribution in [3.05, 3.63) is 102 Å². The molecule has 0 spiro atoms. The molecule has 9 nitrogen and oxygen atoms in total. The lowest BCUT2D eigenvalue weighted by atomic mass is 10.0. The number of aromatic nitrogens is 4.